The highest BCUT2D eigenvalue weighted by Gasteiger charge is 2.38. The molecule has 1 saturated heterocycles. The third-order valence-electron chi connectivity index (χ3n) is 5.59. The second-order valence-electron chi connectivity index (χ2n) is 7.94. The number of benzene rings is 2. The van der Waals surface area contributed by atoms with Crippen molar-refractivity contribution in [2.75, 3.05) is 7.11 Å². The van der Waals surface area contributed by atoms with Crippen molar-refractivity contribution in [2.45, 2.75) is 50.4 Å². The molecule has 1 heterocycles. The molecule has 0 aliphatic carbocycles. The van der Waals surface area contributed by atoms with Crippen LogP contribution in [0.25, 0.3) is 0 Å². The van der Waals surface area contributed by atoms with Gasteiger partial charge in [-0.3, -0.25) is 9.59 Å². The van der Waals surface area contributed by atoms with E-state index in [0.717, 1.165) is 11.6 Å². The minimum Gasteiger partial charge on any atom is -0.497 e. The molecule has 5 nitrogen and oxygen atoms in total. The smallest absolute Gasteiger partial charge is 0.416 e. The van der Waals surface area contributed by atoms with Gasteiger partial charge in [0.1, 0.15) is 11.6 Å². The van der Waals surface area contributed by atoms with Crippen LogP contribution in [0.2, 0.25) is 0 Å². The van der Waals surface area contributed by atoms with E-state index in [4.69, 9.17) is 4.74 Å². The van der Waals surface area contributed by atoms with Gasteiger partial charge in [0, 0.05) is 30.5 Å². The van der Waals surface area contributed by atoms with Gasteiger partial charge < -0.3 is 15.4 Å². The maximum absolute atomic E-state index is 13.9. The fraction of sp³-hybridized carbons (Fsp3) is 0.391. The maximum atomic E-state index is 13.9. The zero-order chi connectivity index (χ0) is 23.4. The second kappa shape index (κ2) is 9.58. The van der Waals surface area contributed by atoms with Crippen LogP contribution in [0.3, 0.4) is 0 Å². The fourth-order valence-electron chi connectivity index (χ4n) is 3.88. The van der Waals surface area contributed by atoms with Gasteiger partial charge in [-0.1, -0.05) is 12.1 Å². The lowest BCUT2D eigenvalue weighted by Gasteiger charge is -2.29. The van der Waals surface area contributed by atoms with E-state index >= 15 is 0 Å². The van der Waals surface area contributed by atoms with Gasteiger partial charge in [0.25, 0.3) is 0 Å². The summed E-state index contributed by atoms with van der Waals surface area (Å²) < 4.78 is 57.6. The first-order valence-corrected chi connectivity index (χ1v) is 10.2. The molecular weight excluding hydrogens is 428 g/mol. The van der Waals surface area contributed by atoms with Gasteiger partial charge in [-0.05, 0) is 55.2 Å². The van der Waals surface area contributed by atoms with Crippen LogP contribution >= 0.6 is 0 Å². The zero-order valence-electron chi connectivity index (χ0n) is 17.5. The van der Waals surface area contributed by atoms with Crippen LogP contribution < -0.4 is 15.4 Å². The molecule has 1 fully saturated rings. The number of methoxy groups -OCH3 is 1. The summed E-state index contributed by atoms with van der Waals surface area (Å²) in [4.78, 5) is 24.3. The SMILES string of the molecule is COc1cccc(C[C@@]2(CCC(=O)NCc3cc(C(F)(F)F)ccc3F)CCC(=O)N2)c1. The number of rotatable bonds is 8. The Kier molecular flexibility index (Phi) is 7.06. The van der Waals surface area contributed by atoms with E-state index in [1.54, 1.807) is 7.11 Å². The van der Waals surface area contributed by atoms with Crippen LogP contribution in [-0.2, 0) is 28.7 Å². The average molecular weight is 452 g/mol. The van der Waals surface area contributed by atoms with Crippen molar-refractivity contribution < 1.29 is 31.9 Å². The van der Waals surface area contributed by atoms with Gasteiger partial charge in [-0.15, -0.1) is 0 Å². The quantitative estimate of drug-likeness (QED) is 0.592. The van der Waals surface area contributed by atoms with Gasteiger partial charge in [-0.2, -0.15) is 13.2 Å². The number of hydrogen-bond donors (Lipinski definition) is 2. The Morgan fingerprint density at radius 3 is 2.66 bits per heavy atom. The zero-order valence-corrected chi connectivity index (χ0v) is 17.5. The van der Waals surface area contributed by atoms with Crippen molar-refractivity contribution in [2.24, 2.45) is 0 Å². The molecule has 0 aromatic heterocycles. The molecule has 1 aliphatic rings. The van der Waals surface area contributed by atoms with Crippen molar-refractivity contribution in [3.05, 3.63) is 65.0 Å². The summed E-state index contributed by atoms with van der Waals surface area (Å²) in [7, 11) is 1.56. The average Bonchev–Trinajstić information content (AvgIpc) is 3.11. The first-order chi connectivity index (χ1) is 15.1. The normalized spacial score (nSPS) is 18.3. The number of hydrogen-bond acceptors (Lipinski definition) is 3. The summed E-state index contributed by atoms with van der Waals surface area (Å²) in [5.74, 6) is -0.675. The molecule has 2 N–H and O–H groups in total. The number of amides is 2. The summed E-state index contributed by atoms with van der Waals surface area (Å²) in [5.41, 5.74) is -0.886. The Hall–Kier alpha value is -3.10. The molecule has 0 bridgehead atoms. The number of carbonyl (C=O) groups excluding carboxylic acids is 2. The van der Waals surface area contributed by atoms with Crippen LogP contribution in [-0.4, -0.2) is 24.5 Å². The number of halogens is 4. The second-order valence-corrected chi connectivity index (χ2v) is 7.94. The first-order valence-electron chi connectivity index (χ1n) is 10.2. The van der Waals surface area contributed by atoms with Crippen LogP contribution in [0.4, 0.5) is 17.6 Å². The Morgan fingerprint density at radius 1 is 1.22 bits per heavy atom. The monoisotopic (exact) mass is 452 g/mol. The van der Waals surface area contributed by atoms with Crippen LogP contribution in [0.1, 0.15) is 42.4 Å². The Morgan fingerprint density at radius 2 is 2.00 bits per heavy atom. The van der Waals surface area contributed by atoms with Crippen LogP contribution in [0.15, 0.2) is 42.5 Å². The molecule has 9 heteroatoms. The van der Waals surface area contributed by atoms with Crippen LogP contribution in [0.5, 0.6) is 5.75 Å². The lowest BCUT2D eigenvalue weighted by atomic mass is 9.85. The summed E-state index contributed by atoms with van der Waals surface area (Å²) in [6, 6.07) is 9.51. The predicted molar refractivity (Wildman–Crippen MR) is 109 cm³/mol. The Balaban J connectivity index is 1.62. The molecule has 0 unspecified atom stereocenters. The molecule has 3 rings (SSSR count). The molecule has 0 saturated carbocycles. The lowest BCUT2D eigenvalue weighted by Crippen LogP contribution is -2.44. The molecule has 0 radical (unpaired) electrons. The van der Waals surface area contributed by atoms with E-state index in [-0.39, 0.29) is 24.4 Å². The van der Waals surface area contributed by atoms with Gasteiger partial charge in [0.05, 0.1) is 12.7 Å². The summed E-state index contributed by atoms with van der Waals surface area (Å²) >= 11 is 0. The molecule has 0 spiro atoms. The Labute approximate surface area is 183 Å². The summed E-state index contributed by atoms with van der Waals surface area (Å²) in [6.45, 7) is -0.357. The van der Waals surface area contributed by atoms with Crippen molar-refractivity contribution in [3.8, 4) is 5.75 Å². The minimum atomic E-state index is -4.60. The molecule has 172 valence electrons. The first kappa shape index (κ1) is 23.6. The standard InChI is InChI=1S/C23H24F4N2O3/c1-32-18-4-2-3-15(11-18)13-22(10-8-21(31)29-22)9-7-20(30)28-14-16-12-17(23(25,26)27)5-6-19(16)24/h2-6,11-12H,7-10,13-14H2,1H3,(H,28,30)(H,29,31)/t22-/m1/s1. The molecule has 1 aliphatic heterocycles. The van der Waals surface area contributed by atoms with E-state index in [9.17, 15) is 27.2 Å². The summed E-state index contributed by atoms with van der Waals surface area (Å²) in [5, 5.41) is 5.44. The largest absolute Gasteiger partial charge is 0.497 e. The maximum Gasteiger partial charge on any atom is 0.416 e. The Bertz CT molecular complexity index is 993. The molecule has 2 amide bonds. The number of nitrogens with one attached hydrogen (secondary N) is 2. The van der Waals surface area contributed by atoms with Crippen molar-refractivity contribution >= 4 is 11.8 Å². The lowest BCUT2D eigenvalue weighted by molar-refractivity contribution is -0.137. The summed E-state index contributed by atoms with van der Waals surface area (Å²) in [6.07, 6.45) is -2.82. The van der Waals surface area contributed by atoms with E-state index in [1.807, 2.05) is 24.3 Å². The van der Waals surface area contributed by atoms with Crippen LogP contribution in [0, 0.1) is 5.82 Å². The molecule has 2 aromatic carbocycles. The molecule has 1 atom stereocenters. The number of ether oxygens (including phenoxy) is 1. The number of alkyl halides is 3. The minimum absolute atomic E-state index is 0.0326. The molecule has 2 aromatic rings. The van der Waals surface area contributed by atoms with Crippen molar-refractivity contribution in [1.29, 1.82) is 0 Å². The predicted octanol–water partition coefficient (Wildman–Crippen LogP) is 4.14. The van der Waals surface area contributed by atoms with Gasteiger partial charge in [-0.25, -0.2) is 4.39 Å². The van der Waals surface area contributed by atoms with Gasteiger partial charge in [0.2, 0.25) is 11.8 Å². The molecular formula is C23H24F4N2O3. The third-order valence-corrected chi connectivity index (χ3v) is 5.59. The highest BCUT2D eigenvalue weighted by molar-refractivity contribution is 5.80. The van der Waals surface area contributed by atoms with Gasteiger partial charge in [0.15, 0.2) is 0 Å². The van der Waals surface area contributed by atoms with Crippen molar-refractivity contribution in [3.63, 3.8) is 0 Å². The van der Waals surface area contributed by atoms with E-state index in [1.165, 1.54) is 0 Å². The highest BCUT2D eigenvalue weighted by Crippen LogP contribution is 2.31. The third kappa shape index (κ3) is 5.99. The fourth-order valence-corrected chi connectivity index (χ4v) is 3.88. The highest BCUT2D eigenvalue weighted by atomic mass is 19.4. The van der Waals surface area contributed by atoms with E-state index in [0.29, 0.717) is 43.6 Å². The van der Waals surface area contributed by atoms with Crippen molar-refractivity contribution in [1.82, 2.24) is 10.6 Å². The van der Waals surface area contributed by atoms with E-state index < -0.39 is 29.0 Å². The van der Waals surface area contributed by atoms with Gasteiger partial charge >= 0.3 is 6.18 Å². The molecule has 32 heavy (non-hydrogen) atoms. The number of carbonyl (C=O) groups is 2. The topological polar surface area (TPSA) is 67.4 Å². The van der Waals surface area contributed by atoms with E-state index in [2.05, 4.69) is 10.6 Å².